The summed E-state index contributed by atoms with van der Waals surface area (Å²) in [4.78, 5) is 26.1. The Kier molecular flexibility index (Phi) is 3.92. The van der Waals surface area contributed by atoms with Crippen LogP contribution in [-0.2, 0) is 0 Å². The summed E-state index contributed by atoms with van der Waals surface area (Å²) in [5.74, 6) is 1.47. The van der Waals surface area contributed by atoms with Crippen molar-refractivity contribution in [2.75, 3.05) is 13.1 Å². The van der Waals surface area contributed by atoms with E-state index in [1.807, 2.05) is 25.7 Å². The first kappa shape index (κ1) is 15.8. The van der Waals surface area contributed by atoms with Crippen LogP contribution in [0.25, 0.3) is 4.83 Å². The zero-order valence-corrected chi connectivity index (χ0v) is 15.7. The van der Waals surface area contributed by atoms with Crippen molar-refractivity contribution in [1.29, 1.82) is 0 Å². The molecule has 1 aliphatic rings. The zero-order valence-electron chi connectivity index (χ0n) is 14.1. The van der Waals surface area contributed by atoms with E-state index in [0.717, 1.165) is 53.0 Å². The van der Waals surface area contributed by atoms with Gasteiger partial charge in [-0.05, 0) is 33.6 Å². The van der Waals surface area contributed by atoms with E-state index < -0.39 is 0 Å². The Morgan fingerprint density at radius 2 is 2.12 bits per heavy atom. The fourth-order valence-corrected chi connectivity index (χ4v) is 5.36. The van der Waals surface area contributed by atoms with Gasteiger partial charge in [-0.1, -0.05) is 0 Å². The number of fused-ring (bicyclic) bond motifs is 1. The van der Waals surface area contributed by atoms with Crippen molar-refractivity contribution in [2.45, 2.75) is 39.5 Å². The van der Waals surface area contributed by atoms with E-state index in [9.17, 15) is 4.79 Å². The molecule has 0 saturated carbocycles. The largest absolute Gasteiger partial charge is 0.337 e. The fraction of sp³-hybridized carbons (Fsp3) is 0.471. The van der Waals surface area contributed by atoms with Crippen molar-refractivity contribution in [3.8, 4) is 0 Å². The highest BCUT2D eigenvalue weighted by Gasteiger charge is 2.30. The van der Waals surface area contributed by atoms with Crippen LogP contribution >= 0.6 is 22.7 Å². The molecule has 3 aromatic heterocycles. The van der Waals surface area contributed by atoms with Crippen LogP contribution in [0.2, 0.25) is 0 Å². The zero-order chi connectivity index (χ0) is 16.8. The number of thiazole rings is 2. The molecule has 0 bridgehead atoms. The topological polar surface area (TPSA) is 50.5 Å². The number of hydrogen-bond donors (Lipinski definition) is 0. The van der Waals surface area contributed by atoms with E-state index in [0.29, 0.717) is 5.92 Å². The molecule has 0 aromatic carbocycles. The maximum atomic E-state index is 12.9. The van der Waals surface area contributed by atoms with Gasteiger partial charge in [0, 0.05) is 30.6 Å². The van der Waals surface area contributed by atoms with Crippen LogP contribution < -0.4 is 0 Å². The summed E-state index contributed by atoms with van der Waals surface area (Å²) in [5.41, 5.74) is 2.00. The lowest BCUT2D eigenvalue weighted by Crippen LogP contribution is -2.39. The molecule has 1 atom stereocenters. The van der Waals surface area contributed by atoms with Gasteiger partial charge < -0.3 is 4.90 Å². The molecule has 1 aliphatic heterocycles. The molecule has 126 valence electrons. The van der Waals surface area contributed by atoms with Crippen molar-refractivity contribution in [3.05, 3.63) is 38.7 Å². The van der Waals surface area contributed by atoms with Crippen LogP contribution in [0.1, 0.15) is 50.7 Å². The van der Waals surface area contributed by atoms with Crippen LogP contribution in [0, 0.1) is 20.8 Å². The SMILES string of the molecule is Cc1nc(C)c(C(=O)N2CCCC(c3nc(C)n4ccsc34)C2)s1. The molecule has 5 nitrogen and oxygen atoms in total. The predicted octanol–water partition coefficient (Wildman–Crippen LogP) is 3.80. The summed E-state index contributed by atoms with van der Waals surface area (Å²) in [6.07, 6.45) is 4.19. The third-order valence-corrected chi connectivity index (χ3v) is 6.60. The average Bonchev–Trinajstić information content (AvgIpc) is 3.24. The number of rotatable bonds is 2. The van der Waals surface area contributed by atoms with Gasteiger partial charge in [0.15, 0.2) is 0 Å². The van der Waals surface area contributed by atoms with Crippen LogP contribution in [-0.4, -0.2) is 38.3 Å². The highest BCUT2D eigenvalue weighted by molar-refractivity contribution is 7.15. The Balaban J connectivity index is 1.61. The third kappa shape index (κ3) is 2.56. The van der Waals surface area contributed by atoms with Gasteiger partial charge in [-0.2, -0.15) is 0 Å². The van der Waals surface area contributed by atoms with Gasteiger partial charge >= 0.3 is 0 Å². The highest BCUT2D eigenvalue weighted by Crippen LogP contribution is 2.33. The molecule has 1 amide bonds. The third-order valence-electron chi connectivity index (χ3n) is 4.65. The van der Waals surface area contributed by atoms with Gasteiger partial charge in [-0.15, -0.1) is 22.7 Å². The molecule has 1 saturated heterocycles. The minimum Gasteiger partial charge on any atom is -0.337 e. The van der Waals surface area contributed by atoms with Crippen molar-refractivity contribution < 1.29 is 4.79 Å². The second-order valence-corrected chi connectivity index (χ2v) is 8.46. The smallest absolute Gasteiger partial charge is 0.265 e. The minimum absolute atomic E-state index is 0.126. The quantitative estimate of drug-likeness (QED) is 0.698. The Hall–Kier alpha value is -1.73. The normalized spacial score (nSPS) is 18.5. The van der Waals surface area contributed by atoms with Crippen LogP contribution in [0.3, 0.4) is 0 Å². The lowest BCUT2D eigenvalue weighted by atomic mass is 9.95. The molecular weight excluding hydrogens is 340 g/mol. The van der Waals surface area contributed by atoms with Crippen molar-refractivity contribution in [1.82, 2.24) is 19.3 Å². The number of aromatic nitrogens is 3. The molecule has 1 fully saturated rings. The summed E-state index contributed by atoms with van der Waals surface area (Å²) in [6.45, 7) is 7.49. The summed E-state index contributed by atoms with van der Waals surface area (Å²) in [7, 11) is 0. The first-order valence-electron chi connectivity index (χ1n) is 8.20. The highest BCUT2D eigenvalue weighted by atomic mass is 32.1. The minimum atomic E-state index is 0.126. The van der Waals surface area contributed by atoms with Gasteiger partial charge in [0.1, 0.15) is 15.5 Å². The van der Waals surface area contributed by atoms with E-state index >= 15 is 0 Å². The number of hydrogen-bond acceptors (Lipinski definition) is 5. The number of piperidine rings is 1. The molecule has 0 N–H and O–H groups in total. The van der Waals surface area contributed by atoms with E-state index in [2.05, 4.69) is 21.0 Å². The molecule has 0 spiro atoms. The molecule has 3 aromatic rings. The number of carbonyl (C=O) groups is 1. The molecule has 0 aliphatic carbocycles. The first-order valence-corrected chi connectivity index (χ1v) is 9.89. The summed E-state index contributed by atoms with van der Waals surface area (Å²) in [5, 5.41) is 3.05. The maximum Gasteiger partial charge on any atom is 0.265 e. The number of likely N-dealkylation sites (tertiary alicyclic amines) is 1. The number of imidazole rings is 1. The van der Waals surface area contributed by atoms with Crippen molar-refractivity contribution in [2.24, 2.45) is 0 Å². The summed E-state index contributed by atoms with van der Waals surface area (Å²) in [6, 6.07) is 0. The number of nitrogens with zero attached hydrogens (tertiary/aromatic N) is 4. The second kappa shape index (κ2) is 5.97. The predicted molar refractivity (Wildman–Crippen MR) is 97.3 cm³/mol. The van der Waals surface area contributed by atoms with Crippen LogP contribution in [0.15, 0.2) is 11.6 Å². The Morgan fingerprint density at radius 3 is 2.88 bits per heavy atom. The summed E-state index contributed by atoms with van der Waals surface area (Å²) < 4.78 is 2.15. The number of amides is 1. The Labute approximate surface area is 149 Å². The molecule has 7 heteroatoms. The van der Waals surface area contributed by atoms with Gasteiger partial charge in [-0.25, -0.2) is 9.97 Å². The Morgan fingerprint density at radius 1 is 1.29 bits per heavy atom. The van der Waals surface area contributed by atoms with Gasteiger partial charge in [0.2, 0.25) is 0 Å². The van der Waals surface area contributed by atoms with Gasteiger partial charge in [0.05, 0.1) is 16.4 Å². The monoisotopic (exact) mass is 360 g/mol. The second-order valence-electron chi connectivity index (χ2n) is 6.36. The first-order chi connectivity index (χ1) is 11.5. The molecule has 4 rings (SSSR count). The van der Waals surface area contributed by atoms with E-state index in [1.54, 1.807) is 11.3 Å². The lowest BCUT2D eigenvalue weighted by molar-refractivity contribution is 0.0710. The van der Waals surface area contributed by atoms with Gasteiger partial charge in [-0.3, -0.25) is 9.20 Å². The number of aryl methyl sites for hydroxylation is 3. The number of carbonyl (C=O) groups excluding carboxylic acids is 1. The van der Waals surface area contributed by atoms with Crippen LogP contribution in [0.5, 0.6) is 0 Å². The van der Waals surface area contributed by atoms with Crippen molar-refractivity contribution in [3.63, 3.8) is 0 Å². The van der Waals surface area contributed by atoms with Crippen molar-refractivity contribution >= 4 is 33.4 Å². The Bertz CT molecular complexity index is 907. The maximum absolute atomic E-state index is 12.9. The fourth-order valence-electron chi connectivity index (χ4n) is 3.52. The van der Waals surface area contributed by atoms with Crippen LogP contribution in [0.4, 0.5) is 0 Å². The molecule has 24 heavy (non-hydrogen) atoms. The standard InChI is InChI=1S/C17H20N4OS2/c1-10-15(24-12(3)18-10)16(22)20-6-4-5-13(9-20)14-17-21(7-8-23-17)11(2)19-14/h7-8,13H,4-6,9H2,1-3H3. The molecule has 1 unspecified atom stereocenters. The lowest BCUT2D eigenvalue weighted by Gasteiger charge is -2.31. The summed E-state index contributed by atoms with van der Waals surface area (Å²) >= 11 is 3.23. The van der Waals surface area contributed by atoms with E-state index in [4.69, 9.17) is 4.98 Å². The van der Waals surface area contributed by atoms with E-state index in [-0.39, 0.29) is 5.91 Å². The van der Waals surface area contributed by atoms with E-state index in [1.165, 1.54) is 16.2 Å². The molecular formula is C17H20N4OS2. The average molecular weight is 361 g/mol. The molecule has 4 heterocycles. The van der Waals surface area contributed by atoms with Gasteiger partial charge in [0.25, 0.3) is 5.91 Å². The molecule has 0 radical (unpaired) electrons.